The van der Waals surface area contributed by atoms with Gasteiger partial charge in [-0.1, -0.05) is 69.3 Å². The smallest absolute Gasteiger partial charge is 0.258 e. The zero-order valence-electron chi connectivity index (χ0n) is 18.7. The Bertz CT molecular complexity index is 1120. The number of nitrogens with zero attached hydrogens (tertiary/aromatic N) is 1. The molecule has 0 aromatic heterocycles. The highest BCUT2D eigenvalue weighted by atomic mass is 16.2. The Morgan fingerprint density at radius 3 is 2.35 bits per heavy atom. The molecule has 1 heterocycles. The predicted molar refractivity (Wildman–Crippen MR) is 127 cm³/mol. The van der Waals surface area contributed by atoms with Gasteiger partial charge in [-0.3, -0.25) is 9.59 Å². The van der Waals surface area contributed by atoms with E-state index >= 15 is 0 Å². The quantitative estimate of drug-likeness (QED) is 0.558. The van der Waals surface area contributed by atoms with Crippen LogP contribution in [0, 0.1) is 0 Å². The normalized spacial score (nSPS) is 14.2. The Balaban J connectivity index is 1.33. The number of hydrogen-bond acceptors (Lipinski definition) is 2. The van der Waals surface area contributed by atoms with Crippen LogP contribution in [-0.4, -0.2) is 18.4 Å². The van der Waals surface area contributed by atoms with Gasteiger partial charge in [0.2, 0.25) is 5.91 Å². The third kappa shape index (κ3) is 4.20. The van der Waals surface area contributed by atoms with E-state index in [1.54, 1.807) is 4.90 Å². The summed E-state index contributed by atoms with van der Waals surface area (Å²) in [6.45, 7) is 9.12. The first-order valence-corrected chi connectivity index (χ1v) is 11.0. The van der Waals surface area contributed by atoms with Gasteiger partial charge in [0.1, 0.15) is 0 Å². The lowest BCUT2D eigenvalue weighted by Gasteiger charge is -2.21. The predicted octanol–water partition coefficient (Wildman–Crippen LogP) is 5.76. The van der Waals surface area contributed by atoms with Crippen molar-refractivity contribution in [2.24, 2.45) is 0 Å². The van der Waals surface area contributed by atoms with Crippen molar-refractivity contribution in [1.82, 2.24) is 5.32 Å². The summed E-state index contributed by atoms with van der Waals surface area (Å²) in [7, 11) is 0. The molecule has 1 atom stereocenters. The molecule has 0 spiro atoms. The summed E-state index contributed by atoms with van der Waals surface area (Å²) in [5.74, 6) is 0.0364. The lowest BCUT2D eigenvalue weighted by molar-refractivity contribution is -0.121. The fraction of sp³-hybridized carbons (Fsp3) is 0.333. The largest absolute Gasteiger partial charge is 0.350 e. The van der Waals surface area contributed by atoms with Crippen molar-refractivity contribution in [3.63, 3.8) is 0 Å². The molecule has 160 valence electrons. The molecule has 4 nitrogen and oxygen atoms in total. The fourth-order valence-corrected chi connectivity index (χ4v) is 4.27. The maximum Gasteiger partial charge on any atom is 0.258 e. The Kier molecular flexibility index (Phi) is 5.57. The molecule has 0 radical (unpaired) electrons. The molecule has 2 amide bonds. The molecular weight excluding hydrogens is 384 g/mol. The highest BCUT2D eigenvalue weighted by Gasteiger charge is 2.29. The van der Waals surface area contributed by atoms with Gasteiger partial charge in [0, 0.05) is 23.9 Å². The standard InChI is InChI=1S/C27H30N2O2/c1-18(19-13-15-21(16-14-19)27(2,3)4)28-24(30)12-7-17-29-23-11-6-9-20-8-5-10-22(25(20)23)26(29)31/h5-6,8-11,13-16,18H,7,12,17H2,1-4H3,(H,28,30)/t18-/m0/s1. The van der Waals surface area contributed by atoms with Crippen molar-refractivity contribution in [2.45, 2.75) is 52.0 Å². The Morgan fingerprint density at radius 1 is 1.00 bits per heavy atom. The minimum absolute atomic E-state index is 0.00904. The third-order valence-corrected chi connectivity index (χ3v) is 6.09. The number of anilines is 1. The molecule has 0 unspecified atom stereocenters. The van der Waals surface area contributed by atoms with Crippen LogP contribution in [0.2, 0.25) is 0 Å². The molecule has 1 aliphatic heterocycles. The summed E-state index contributed by atoms with van der Waals surface area (Å²) in [5, 5.41) is 5.18. The first kappa shape index (κ1) is 21.1. The molecule has 3 aromatic carbocycles. The van der Waals surface area contributed by atoms with Gasteiger partial charge in [-0.25, -0.2) is 0 Å². The highest BCUT2D eigenvalue weighted by molar-refractivity contribution is 6.25. The molecule has 3 aromatic rings. The number of hydrogen-bond donors (Lipinski definition) is 1. The highest BCUT2D eigenvalue weighted by Crippen LogP contribution is 2.37. The number of carbonyl (C=O) groups excluding carboxylic acids is 2. The maximum absolute atomic E-state index is 12.8. The zero-order valence-corrected chi connectivity index (χ0v) is 18.7. The molecular formula is C27H30N2O2. The van der Waals surface area contributed by atoms with Gasteiger partial charge < -0.3 is 10.2 Å². The second-order valence-corrected chi connectivity index (χ2v) is 9.40. The second-order valence-electron chi connectivity index (χ2n) is 9.40. The average molecular weight is 415 g/mol. The van der Waals surface area contributed by atoms with Crippen LogP contribution in [0.25, 0.3) is 10.8 Å². The number of amides is 2. The molecule has 0 saturated heterocycles. The van der Waals surface area contributed by atoms with Crippen molar-refractivity contribution >= 4 is 28.3 Å². The molecule has 31 heavy (non-hydrogen) atoms. The van der Waals surface area contributed by atoms with E-state index in [9.17, 15) is 9.59 Å². The van der Waals surface area contributed by atoms with Gasteiger partial charge in [0.25, 0.3) is 5.91 Å². The van der Waals surface area contributed by atoms with Crippen molar-refractivity contribution in [1.29, 1.82) is 0 Å². The van der Waals surface area contributed by atoms with Crippen molar-refractivity contribution in [3.8, 4) is 0 Å². The SMILES string of the molecule is C[C@H](NC(=O)CCCN1C(=O)c2cccc3cccc1c23)c1ccc(C(C)(C)C)cc1. The van der Waals surface area contributed by atoms with E-state index in [0.29, 0.717) is 19.4 Å². The van der Waals surface area contributed by atoms with E-state index in [1.165, 1.54) is 5.56 Å². The first-order valence-electron chi connectivity index (χ1n) is 11.0. The monoisotopic (exact) mass is 414 g/mol. The van der Waals surface area contributed by atoms with Crippen LogP contribution in [0.1, 0.15) is 68.1 Å². The fourth-order valence-electron chi connectivity index (χ4n) is 4.27. The zero-order chi connectivity index (χ0) is 22.2. The van der Waals surface area contributed by atoms with Crippen molar-refractivity contribution in [3.05, 3.63) is 77.4 Å². The third-order valence-electron chi connectivity index (χ3n) is 6.09. The van der Waals surface area contributed by atoms with Crippen molar-refractivity contribution in [2.75, 3.05) is 11.4 Å². The minimum Gasteiger partial charge on any atom is -0.350 e. The van der Waals surface area contributed by atoms with Crippen LogP contribution in [0.3, 0.4) is 0 Å². The Morgan fingerprint density at radius 2 is 1.68 bits per heavy atom. The summed E-state index contributed by atoms with van der Waals surface area (Å²) in [6, 6.07) is 20.2. The van der Waals surface area contributed by atoms with Gasteiger partial charge in [-0.2, -0.15) is 0 Å². The van der Waals surface area contributed by atoms with Crippen LogP contribution in [0.15, 0.2) is 60.7 Å². The second kappa shape index (κ2) is 8.18. The summed E-state index contributed by atoms with van der Waals surface area (Å²) < 4.78 is 0. The first-order chi connectivity index (χ1) is 14.8. The van der Waals surface area contributed by atoms with Crippen LogP contribution in [-0.2, 0) is 10.2 Å². The van der Waals surface area contributed by atoms with E-state index in [2.05, 4.69) is 50.4 Å². The number of nitrogens with one attached hydrogen (secondary N) is 1. The molecule has 0 aliphatic carbocycles. The van der Waals surface area contributed by atoms with Crippen molar-refractivity contribution < 1.29 is 9.59 Å². The Hall–Kier alpha value is -3.14. The van der Waals surface area contributed by atoms with E-state index in [0.717, 1.165) is 27.6 Å². The molecule has 4 rings (SSSR count). The van der Waals surface area contributed by atoms with Gasteiger partial charge in [0.15, 0.2) is 0 Å². The van der Waals surface area contributed by atoms with Crippen LogP contribution in [0.5, 0.6) is 0 Å². The van der Waals surface area contributed by atoms with E-state index < -0.39 is 0 Å². The molecule has 0 bridgehead atoms. The van der Waals surface area contributed by atoms with Gasteiger partial charge in [-0.05, 0) is 47.4 Å². The molecule has 0 fully saturated rings. The van der Waals surface area contributed by atoms with Gasteiger partial charge in [0.05, 0.1) is 11.7 Å². The van der Waals surface area contributed by atoms with Gasteiger partial charge >= 0.3 is 0 Å². The molecule has 0 saturated carbocycles. The van der Waals surface area contributed by atoms with Crippen LogP contribution < -0.4 is 10.2 Å². The van der Waals surface area contributed by atoms with E-state index in [1.807, 2.05) is 43.3 Å². The van der Waals surface area contributed by atoms with E-state index in [4.69, 9.17) is 0 Å². The van der Waals surface area contributed by atoms with Gasteiger partial charge in [-0.15, -0.1) is 0 Å². The van der Waals surface area contributed by atoms with E-state index in [-0.39, 0.29) is 23.3 Å². The summed E-state index contributed by atoms with van der Waals surface area (Å²) in [6.07, 6.45) is 1.01. The lowest BCUT2D eigenvalue weighted by atomic mass is 9.86. The minimum atomic E-state index is -0.0482. The summed E-state index contributed by atoms with van der Waals surface area (Å²) >= 11 is 0. The lowest BCUT2D eigenvalue weighted by Crippen LogP contribution is -2.30. The maximum atomic E-state index is 12.8. The Labute approximate surface area is 184 Å². The molecule has 4 heteroatoms. The average Bonchev–Trinajstić information content (AvgIpc) is 3.01. The summed E-state index contributed by atoms with van der Waals surface area (Å²) in [5.41, 5.74) is 4.19. The summed E-state index contributed by atoms with van der Waals surface area (Å²) in [4.78, 5) is 27.1. The van der Waals surface area contributed by atoms with Crippen LogP contribution >= 0.6 is 0 Å². The number of benzene rings is 3. The molecule has 1 aliphatic rings. The molecule has 1 N–H and O–H groups in total. The number of carbonyl (C=O) groups is 2. The topological polar surface area (TPSA) is 49.4 Å². The van der Waals surface area contributed by atoms with Crippen LogP contribution in [0.4, 0.5) is 5.69 Å². The number of rotatable bonds is 6.